The molecule has 23 heavy (non-hydrogen) atoms. The summed E-state index contributed by atoms with van der Waals surface area (Å²) in [5.41, 5.74) is 2.39. The van der Waals surface area contributed by atoms with Gasteiger partial charge in [0.05, 0.1) is 6.61 Å². The first-order valence-electron chi connectivity index (χ1n) is 8.66. The summed E-state index contributed by atoms with van der Waals surface area (Å²) in [7, 11) is -1.53. The highest BCUT2D eigenvalue weighted by Gasteiger charge is 2.29. The van der Waals surface area contributed by atoms with Gasteiger partial charge in [-0.1, -0.05) is 73.4 Å². The van der Waals surface area contributed by atoms with Crippen LogP contribution in [0.25, 0.3) is 0 Å². The Kier molecular flexibility index (Phi) is 6.73. The van der Waals surface area contributed by atoms with E-state index in [1.54, 1.807) is 0 Å². The lowest BCUT2D eigenvalue weighted by atomic mass is 9.71. The first kappa shape index (κ1) is 20.1. The van der Waals surface area contributed by atoms with Gasteiger partial charge in [-0.25, -0.2) is 0 Å². The van der Waals surface area contributed by atoms with Crippen LogP contribution in [0.2, 0.25) is 0 Å². The Morgan fingerprint density at radius 1 is 0.957 bits per heavy atom. The molecule has 3 nitrogen and oxygen atoms in total. The molecular formula is C19H33BO3. The number of rotatable bonds is 6. The Hall–Kier alpha value is -0.995. The second kappa shape index (κ2) is 7.72. The van der Waals surface area contributed by atoms with Crippen LogP contribution < -0.4 is 10.2 Å². The third-order valence-corrected chi connectivity index (χ3v) is 4.06. The third-order valence-electron chi connectivity index (χ3n) is 4.06. The molecule has 2 N–H and O–H groups in total. The van der Waals surface area contributed by atoms with Crippen LogP contribution in [0.15, 0.2) is 12.1 Å². The van der Waals surface area contributed by atoms with E-state index in [0.717, 1.165) is 30.4 Å². The zero-order chi connectivity index (χ0) is 17.8. The minimum absolute atomic E-state index is 0.0651. The van der Waals surface area contributed by atoms with Crippen LogP contribution in [0.5, 0.6) is 5.75 Å². The largest absolute Gasteiger partial charge is 0.494 e. The van der Waals surface area contributed by atoms with E-state index in [0.29, 0.717) is 17.8 Å². The van der Waals surface area contributed by atoms with Crippen molar-refractivity contribution in [3.05, 3.63) is 23.3 Å². The first-order chi connectivity index (χ1) is 10.5. The molecule has 0 saturated carbocycles. The first-order valence-corrected chi connectivity index (χ1v) is 8.66. The zero-order valence-corrected chi connectivity index (χ0v) is 15.9. The van der Waals surface area contributed by atoms with Gasteiger partial charge in [-0.15, -0.1) is 0 Å². The minimum atomic E-state index is -1.53. The maximum atomic E-state index is 9.86. The van der Waals surface area contributed by atoms with Crippen molar-refractivity contribution in [1.82, 2.24) is 0 Å². The fourth-order valence-corrected chi connectivity index (χ4v) is 2.52. The molecule has 1 aromatic rings. The molecule has 0 aliphatic carbocycles. The van der Waals surface area contributed by atoms with Gasteiger partial charge in [0.15, 0.2) is 0 Å². The van der Waals surface area contributed by atoms with Gasteiger partial charge >= 0.3 is 7.12 Å². The van der Waals surface area contributed by atoms with E-state index in [-0.39, 0.29) is 10.8 Å². The van der Waals surface area contributed by atoms with Gasteiger partial charge < -0.3 is 14.8 Å². The van der Waals surface area contributed by atoms with Gasteiger partial charge in [-0.05, 0) is 28.4 Å². The average Bonchev–Trinajstić information content (AvgIpc) is 2.40. The van der Waals surface area contributed by atoms with Crippen molar-refractivity contribution >= 4 is 12.6 Å². The predicted octanol–water partition coefficient (Wildman–Crippen LogP) is 3.53. The molecule has 130 valence electrons. The maximum absolute atomic E-state index is 9.86. The molecule has 0 bridgehead atoms. The summed E-state index contributed by atoms with van der Waals surface area (Å²) in [5.74, 6) is 0.636. The van der Waals surface area contributed by atoms with Crippen molar-refractivity contribution < 1.29 is 14.8 Å². The van der Waals surface area contributed by atoms with Gasteiger partial charge in [0.2, 0.25) is 0 Å². The normalized spacial score (nSPS) is 12.4. The summed E-state index contributed by atoms with van der Waals surface area (Å²) in [5, 5.41) is 19.7. The standard InChI is InChI=1S/C19H33BO3/c1-8-9-10-11-23-17-15(19(5,6)7)12-14(18(2,3)4)13-16(17)20(21)22/h12-13,21-22H,8-11H2,1-7H3. The molecule has 1 aromatic carbocycles. The Balaban J connectivity index is 3.38. The van der Waals surface area contributed by atoms with Crippen LogP contribution in [0.1, 0.15) is 78.9 Å². The summed E-state index contributed by atoms with van der Waals surface area (Å²) in [6, 6.07) is 4.02. The van der Waals surface area contributed by atoms with Crippen LogP contribution in [-0.2, 0) is 10.8 Å². The molecule has 1 rings (SSSR count). The lowest BCUT2D eigenvalue weighted by Crippen LogP contribution is -2.35. The second-order valence-electron chi connectivity index (χ2n) is 8.37. The van der Waals surface area contributed by atoms with Crippen molar-refractivity contribution in [2.24, 2.45) is 0 Å². The van der Waals surface area contributed by atoms with E-state index in [1.807, 2.05) is 6.07 Å². The van der Waals surface area contributed by atoms with Crippen LogP contribution in [0, 0.1) is 0 Å². The highest BCUT2D eigenvalue weighted by Crippen LogP contribution is 2.34. The summed E-state index contributed by atoms with van der Waals surface area (Å²) in [4.78, 5) is 0. The van der Waals surface area contributed by atoms with E-state index in [2.05, 4.69) is 54.5 Å². The van der Waals surface area contributed by atoms with E-state index in [1.165, 1.54) is 0 Å². The van der Waals surface area contributed by atoms with Crippen molar-refractivity contribution in [3.8, 4) is 5.75 Å². The molecule has 4 heteroatoms. The van der Waals surface area contributed by atoms with E-state index in [4.69, 9.17) is 4.74 Å². The number of benzene rings is 1. The summed E-state index contributed by atoms with van der Waals surface area (Å²) in [6.07, 6.45) is 3.22. The number of hydrogen-bond acceptors (Lipinski definition) is 3. The van der Waals surface area contributed by atoms with Gasteiger partial charge in [0.1, 0.15) is 5.75 Å². The third kappa shape index (κ3) is 5.54. The van der Waals surface area contributed by atoms with Crippen LogP contribution in [0.3, 0.4) is 0 Å². The number of hydrogen-bond donors (Lipinski definition) is 2. The van der Waals surface area contributed by atoms with Gasteiger partial charge in [0, 0.05) is 5.46 Å². The number of unbranched alkanes of at least 4 members (excludes halogenated alkanes) is 2. The van der Waals surface area contributed by atoms with Crippen molar-refractivity contribution in [2.75, 3.05) is 6.61 Å². The molecule has 0 aromatic heterocycles. The number of ether oxygens (including phenoxy) is 1. The monoisotopic (exact) mass is 320 g/mol. The highest BCUT2D eigenvalue weighted by atomic mass is 16.5. The Morgan fingerprint density at radius 2 is 1.57 bits per heavy atom. The molecule has 0 radical (unpaired) electrons. The quantitative estimate of drug-likeness (QED) is 0.623. The second-order valence-corrected chi connectivity index (χ2v) is 8.37. The Bertz CT molecular complexity index is 511. The molecule has 0 unspecified atom stereocenters. The minimum Gasteiger partial charge on any atom is -0.494 e. The Labute approximate surface area is 142 Å². The summed E-state index contributed by atoms with van der Waals surface area (Å²) >= 11 is 0. The van der Waals surface area contributed by atoms with Gasteiger partial charge in [0.25, 0.3) is 0 Å². The fourth-order valence-electron chi connectivity index (χ4n) is 2.52. The molecule has 0 fully saturated rings. The van der Waals surface area contributed by atoms with Crippen molar-refractivity contribution in [2.45, 2.75) is 78.6 Å². The SMILES string of the molecule is CCCCCOc1c(B(O)O)cc(C(C)(C)C)cc1C(C)(C)C. The molecule has 0 saturated heterocycles. The van der Waals surface area contributed by atoms with Crippen LogP contribution in [0.4, 0.5) is 0 Å². The maximum Gasteiger partial charge on any atom is 0.492 e. The summed E-state index contributed by atoms with van der Waals surface area (Å²) in [6.45, 7) is 15.5. The van der Waals surface area contributed by atoms with Gasteiger partial charge in [-0.3, -0.25) is 0 Å². The molecule has 0 heterocycles. The lowest BCUT2D eigenvalue weighted by molar-refractivity contribution is 0.298. The average molecular weight is 320 g/mol. The van der Waals surface area contributed by atoms with Gasteiger partial charge in [-0.2, -0.15) is 0 Å². The smallest absolute Gasteiger partial charge is 0.492 e. The molecular weight excluding hydrogens is 287 g/mol. The molecule has 0 amide bonds. The molecule has 0 aliphatic heterocycles. The fraction of sp³-hybridized carbons (Fsp3) is 0.684. The predicted molar refractivity (Wildman–Crippen MR) is 98.7 cm³/mol. The Morgan fingerprint density at radius 3 is 2.00 bits per heavy atom. The highest BCUT2D eigenvalue weighted by molar-refractivity contribution is 6.59. The van der Waals surface area contributed by atoms with Crippen LogP contribution in [-0.4, -0.2) is 23.8 Å². The molecule has 0 aliphatic rings. The van der Waals surface area contributed by atoms with Crippen molar-refractivity contribution in [3.63, 3.8) is 0 Å². The van der Waals surface area contributed by atoms with E-state index in [9.17, 15) is 10.0 Å². The summed E-state index contributed by atoms with van der Waals surface area (Å²) < 4.78 is 6.01. The topological polar surface area (TPSA) is 49.7 Å². The van der Waals surface area contributed by atoms with Crippen molar-refractivity contribution in [1.29, 1.82) is 0 Å². The van der Waals surface area contributed by atoms with E-state index < -0.39 is 7.12 Å². The van der Waals surface area contributed by atoms with Crippen LogP contribution >= 0.6 is 0 Å². The van der Waals surface area contributed by atoms with E-state index >= 15 is 0 Å². The zero-order valence-electron chi connectivity index (χ0n) is 15.9. The lowest BCUT2D eigenvalue weighted by Gasteiger charge is -2.29. The molecule has 0 spiro atoms. The molecule has 0 atom stereocenters.